The van der Waals surface area contributed by atoms with Gasteiger partial charge in [-0.25, -0.2) is 10.3 Å². The van der Waals surface area contributed by atoms with Crippen molar-refractivity contribution < 1.29 is 29.1 Å². The van der Waals surface area contributed by atoms with Gasteiger partial charge in [-0.05, 0) is 49.4 Å². The van der Waals surface area contributed by atoms with E-state index >= 15 is 0 Å². The highest BCUT2D eigenvalue weighted by molar-refractivity contribution is 5.85. The molecule has 0 spiro atoms. The van der Waals surface area contributed by atoms with Crippen molar-refractivity contribution in [3.63, 3.8) is 0 Å². The maximum atomic E-state index is 12.5. The highest BCUT2D eigenvalue weighted by Crippen LogP contribution is 2.44. The Bertz CT molecular complexity index is 952. The Kier molecular flexibility index (Phi) is 7.15. The third-order valence-electron chi connectivity index (χ3n) is 5.06. The Hall–Kier alpha value is -3.39. The molecule has 170 valence electrons. The first-order valence-corrected chi connectivity index (χ1v) is 10.5. The fourth-order valence-corrected chi connectivity index (χ4v) is 3.59. The van der Waals surface area contributed by atoms with Crippen molar-refractivity contribution in [2.75, 3.05) is 6.61 Å². The number of carboxylic acids is 1. The van der Waals surface area contributed by atoms with Crippen LogP contribution >= 0.6 is 0 Å². The van der Waals surface area contributed by atoms with Crippen LogP contribution in [-0.4, -0.2) is 41.3 Å². The fraction of sp³-hybridized carbons (Fsp3) is 0.375. The number of carboxylic acid groups (broad SMARTS) is 1. The van der Waals surface area contributed by atoms with E-state index in [0.717, 1.165) is 22.3 Å². The topological polar surface area (TPSA) is 114 Å². The van der Waals surface area contributed by atoms with E-state index in [0.29, 0.717) is 0 Å². The maximum Gasteiger partial charge on any atom is 0.407 e. The number of aliphatic carboxylic acids is 1. The summed E-state index contributed by atoms with van der Waals surface area (Å²) in [6, 6.07) is 14.8. The van der Waals surface area contributed by atoms with Crippen LogP contribution in [0.15, 0.2) is 48.5 Å². The molecule has 0 aliphatic heterocycles. The van der Waals surface area contributed by atoms with Crippen LogP contribution in [0.4, 0.5) is 4.79 Å². The average molecular weight is 440 g/mol. The predicted octanol–water partition coefficient (Wildman–Crippen LogP) is 3.60. The molecule has 1 aliphatic rings. The summed E-state index contributed by atoms with van der Waals surface area (Å²) in [5.74, 6) is -1.84. The molecular formula is C24H28N2O6. The van der Waals surface area contributed by atoms with E-state index in [2.05, 4.69) is 10.8 Å². The van der Waals surface area contributed by atoms with Gasteiger partial charge in [0.05, 0.1) is 5.60 Å². The van der Waals surface area contributed by atoms with Crippen molar-refractivity contribution >= 4 is 18.0 Å². The molecule has 8 heteroatoms. The highest BCUT2D eigenvalue weighted by atomic mass is 16.7. The van der Waals surface area contributed by atoms with Gasteiger partial charge >= 0.3 is 12.1 Å². The second kappa shape index (κ2) is 9.82. The number of benzene rings is 2. The number of nitrogens with one attached hydrogen (secondary N) is 2. The fourth-order valence-electron chi connectivity index (χ4n) is 3.59. The second-order valence-corrected chi connectivity index (χ2v) is 8.64. The number of ether oxygens (including phenoxy) is 1. The molecule has 1 atom stereocenters. The first kappa shape index (κ1) is 23.3. The van der Waals surface area contributed by atoms with E-state index in [9.17, 15) is 14.4 Å². The number of carbonyl (C=O) groups is 3. The minimum Gasteiger partial charge on any atom is -0.481 e. The minimum absolute atomic E-state index is 0.0889. The van der Waals surface area contributed by atoms with Crippen LogP contribution in [0.25, 0.3) is 11.1 Å². The van der Waals surface area contributed by atoms with Crippen LogP contribution < -0.4 is 10.8 Å². The molecule has 0 bridgehead atoms. The van der Waals surface area contributed by atoms with Gasteiger partial charge in [-0.15, -0.1) is 0 Å². The summed E-state index contributed by atoms with van der Waals surface area (Å²) in [5.41, 5.74) is 5.98. The Labute approximate surface area is 186 Å². The van der Waals surface area contributed by atoms with Crippen molar-refractivity contribution in [1.82, 2.24) is 10.8 Å². The van der Waals surface area contributed by atoms with Crippen LogP contribution in [-0.2, 0) is 19.2 Å². The van der Waals surface area contributed by atoms with Crippen LogP contribution in [0.3, 0.4) is 0 Å². The number of hydrogen-bond donors (Lipinski definition) is 3. The molecule has 0 fully saturated rings. The van der Waals surface area contributed by atoms with Gasteiger partial charge in [0.1, 0.15) is 12.6 Å². The van der Waals surface area contributed by atoms with Gasteiger partial charge < -0.3 is 15.2 Å². The zero-order valence-corrected chi connectivity index (χ0v) is 18.4. The number of hydrogen-bond acceptors (Lipinski definition) is 5. The SMILES string of the molecule is CC(C)(C)ONC(=O)C(CCC(=O)O)NC(=O)OCC1c2ccccc2-c2ccccc21. The monoisotopic (exact) mass is 440 g/mol. The van der Waals surface area contributed by atoms with Crippen LogP contribution in [0.5, 0.6) is 0 Å². The molecule has 0 saturated heterocycles. The summed E-state index contributed by atoms with van der Waals surface area (Å²) in [6.45, 7) is 5.33. The Morgan fingerprint density at radius 3 is 2.09 bits per heavy atom. The summed E-state index contributed by atoms with van der Waals surface area (Å²) in [5, 5.41) is 11.4. The van der Waals surface area contributed by atoms with Gasteiger partial charge in [0.2, 0.25) is 0 Å². The summed E-state index contributed by atoms with van der Waals surface area (Å²) in [6.07, 6.45) is -1.19. The van der Waals surface area contributed by atoms with Gasteiger partial charge in [0, 0.05) is 12.3 Å². The van der Waals surface area contributed by atoms with E-state index in [1.807, 2.05) is 48.5 Å². The molecule has 0 heterocycles. The summed E-state index contributed by atoms with van der Waals surface area (Å²) in [7, 11) is 0. The number of fused-ring (bicyclic) bond motifs is 3. The number of amides is 2. The molecule has 1 aliphatic carbocycles. The van der Waals surface area contributed by atoms with Crippen molar-refractivity contribution in [3.05, 3.63) is 59.7 Å². The number of carbonyl (C=O) groups excluding carboxylic acids is 2. The van der Waals surface area contributed by atoms with Crippen LogP contribution in [0.1, 0.15) is 50.7 Å². The lowest BCUT2D eigenvalue weighted by atomic mass is 9.98. The molecule has 2 aromatic carbocycles. The summed E-state index contributed by atoms with van der Waals surface area (Å²) in [4.78, 5) is 41.1. The lowest BCUT2D eigenvalue weighted by Crippen LogP contribution is -2.48. The van der Waals surface area contributed by atoms with E-state index in [1.54, 1.807) is 20.8 Å². The van der Waals surface area contributed by atoms with Gasteiger partial charge in [0.25, 0.3) is 5.91 Å². The van der Waals surface area contributed by atoms with Crippen molar-refractivity contribution in [2.24, 2.45) is 0 Å². The lowest BCUT2D eigenvalue weighted by Gasteiger charge is -2.23. The molecule has 8 nitrogen and oxygen atoms in total. The zero-order valence-electron chi connectivity index (χ0n) is 18.4. The smallest absolute Gasteiger partial charge is 0.407 e. The Morgan fingerprint density at radius 2 is 1.56 bits per heavy atom. The minimum atomic E-state index is -1.11. The average Bonchev–Trinajstić information content (AvgIpc) is 3.06. The molecule has 2 aromatic rings. The summed E-state index contributed by atoms with van der Waals surface area (Å²) < 4.78 is 5.45. The quantitative estimate of drug-likeness (QED) is 0.541. The predicted molar refractivity (Wildman–Crippen MR) is 118 cm³/mol. The van der Waals surface area contributed by atoms with Gasteiger partial charge in [-0.3, -0.25) is 14.4 Å². The molecule has 0 radical (unpaired) electrons. The molecular weight excluding hydrogens is 412 g/mol. The van der Waals surface area contributed by atoms with Gasteiger partial charge in [0.15, 0.2) is 0 Å². The molecule has 3 N–H and O–H groups in total. The number of hydroxylamine groups is 1. The molecule has 0 saturated carbocycles. The molecule has 2 amide bonds. The van der Waals surface area contributed by atoms with Crippen molar-refractivity contribution in [2.45, 2.75) is 51.2 Å². The first-order chi connectivity index (χ1) is 15.2. The number of rotatable bonds is 8. The normalized spacial score (nSPS) is 13.6. The third-order valence-corrected chi connectivity index (χ3v) is 5.06. The molecule has 3 rings (SSSR count). The third kappa shape index (κ3) is 5.85. The molecule has 1 unspecified atom stereocenters. The van der Waals surface area contributed by atoms with Crippen molar-refractivity contribution in [3.8, 4) is 11.1 Å². The largest absolute Gasteiger partial charge is 0.481 e. The first-order valence-electron chi connectivity index (χ1n) is 10.5. The number of alkyl carbamates (subject to hydrolysis) is 1. The van der Waals surface area contributed by atoms with E-state index in [-0.39, 0.29) is 25.4 Å². The zero-order chi connectivity index (χ0) is 23.3. The summed E-state index contributed by atoms with van der Waals surface area (Å²) >= 11 is 0. The Morgan fingerprint density at radius 1 is 1.00 bits per heavy atom. The van der Waals surface area contributed by atoms with Crippen LogP contribution in [0, 0.1) is 0 Å². The van der Waals surface area contributed by atoms with Gasteiger partial charge in [-0.1, -0.05) is 48.5 Å². The van der Waals surface area contributed by atoms with E-state index in [1.165, 1.54) is 0 Å². The maximum absolute atomic E-state index is 12.5. The lowest BCUT2D eigenvalue weighted by molar-refractivity contribution is -0.148. The molecule has 0 aromatic heterocycles. The standard InChI is InChI=1S/C24H28N2O6/c1-24(2,3)32-26-22(29)20(12-13-21(27)28)25-23(30)31-14-19-17-10-6-4-8-15(17)16-9-5-7-11-18(16)19/h4-11,19-20H,12-14H2,1-3H3,(H,25,30)(H,26,29)(H,27,28). The van der Waals surface area contributed by atoms with E-state index < -0.39 is 29.6 Å². The Balaban J connectivity index is 1.65. The highest BCUT2D eigenvalue weighted by Gasteiger charge is 2.30. The van der Waals surface area contributed by atoms with Crippen LogP contribution in [0.2, 0.25) is 0 Å². The van der Waals surface area contributed by atoms with Crippen molar-refractivity contribution in [1.29, 1.82) is 0 Å². The molecule has 32 heavy (non-hydrogen) atoms. The van der Waals surface area contributed by atoms with Gasteiger partial charge in [-0.2, -0.15) is 0 Å². The van der Waals surface area contributed by atoms with E-state index in [4.69, 9.17) is 14.7 Å². The second-order valence-electron chi connectivity index (χ2n) is 8.64.